The van der Waals surface area contributed by atoms with E-state index < -0.39 is 0 Å². The molecule has 0 aromatic carbocycles. The molecule has 2 aliphatic heterocycles. The Hall–Kier alpha value is -1.79. The van der Waals surface area contributed by atoms with Gasteiger partial charge in [0.15, 0.2) is 5.82 Å². The summed E-state index contributed by atoms with van der Waals surface area (Å²) >= 11 is 0. The molecule has 0 bridgehead atoms. The SMILES string of the molecule is CCc1noc([C@@]23CCN(C)C[C@@H]2CN(CCc2ccncc2C)C3)n1. The van der Waals surface area contributed by atoms with E-state index in [1.54, 1.807) is 0 Å². The Bertz CT molecular complexity index is 760. The summed E-state index contributed by atoms with van der Waals surface area (Å²) in [6, 6.07) is 2.15. The van der Waals surface area contributed by atoms with E-state index >= 15 is 0 Å². The number of aromatic nitrogens is 3. The Morgan fingerprint density at radius 3 is 3.00 bits per heavy atom. The molecule has 2 saturated heterocycles. The predicted octanol–water partition coefficient (Wildman–Crippen LogP) is 2.08. The predicted molar refractivity (Wildman–Crippen MR) is 100 cm³/mol. The molecule has 4 rings (SSSR count). The Balaban J connectivity index is 1.52. The largest absolute Gasteiger partial charge is 0.339 e. The van der Waals surface area contributed by atoms with E-state index in [1.165, 1.54) is 11.1 Å². The van der Waals surface area contributed by atoms with Crippen LogP contribution in [0.3, 0.4) is 0 Å². The molecule has 0 spiro atoms. The van der Waals surface area contributed by atoms with Gasteiger partial charge in [-0.2, -0.15) is 4.98 Å². The van der Waals surface area contributed by atoms with Crippen LogP contribution in [0.5, 0.6) is 0 Å². The van der Waals surface area contributed by atoms with Gasteiger partial charge >= 0.3 is 0 Å². The summed E-state index contributed by atoms with van der Waals surface area (Å²) < 4.78 is 5.75. The summed E-state index contributed by atoms with van der Waals surface area (Å²) in [5.41, 5.74) is 2.70. The van der Waals surface area contributed by atoms with Crippen molar-refractivity contribution in [1.82, 2.24) is 24.9 Å². The maximum atomic E-state index is 5.75. The van der Waals surface area contributed by atoms with Crippen molar-refractivity contribution >= 4 is 0 Å². The van der Waals surface area contributed by atoms with Crippen molar-refractivity contribution in [3.63, 3.8) is 0 Å². The van der Waals surface area contributed by atoms with E-state index in [-0.39, 0.29) is 5.41 Å². The summed E-state index contributed by atoms with van der Waals surface area (Å²) in [5, 5.41) is 4.19. The number of nitrogens with zero attached hydrogens (tertiary/aromatic N) is 5. The van der Waals surface area contributed by atoms with Crippen LogP contribution >= 0.6 is 0 Å². The Kier molecular flexibility index (Phi) is 4.80. The summed E-state index contributed by atoms with van der Waals surface area (Å²) in [7, 11) is 2.22. The van der Waals surface area contributed by atoms with Gasteiger partial charge in [0.2, 0.25) is 5.89 Å². The number of hydrogen-bond acceptors (Lipinski definition) is 6. The minimum atomic E-state index is 0.0280. The first-order valence-corrected chi connectivity index (χ1v) is 9.74. The molecule has 0 radical (unpaired) electrons. The smallest absolute Gasteiger partial charge is 0.234 e. The molecule has 0 saturated carbocycles. The fourth-order valence-electron chi connectivity index (χ4n) is 4.63. The van der Waals surface area contributed by atoms with E-state index in [1.807, 2.05) is 12.4 Å². The van der Waals surface area contributed by atoms with Crippen molar-refractivity contribution in [2.45, 2.75) is 38.5 Å². The highest BCUT2D eigenvalue weighted by Crippen LogP contribution is 2.44. The normalized spacial score (nSPS) is 27.0. The minimum absolute atomic E-state index is 0.0280. The lowest BCUT2D eigenvalue weighted by Crippen LogP contribution is -2.48. The number of likely N-dealkylation sites (tertiary alicyclic amines) is 2. The van der Waals surface area contributed by atoms with Crippen LogP contribution in [0.1, 0.15) is 36.2 Å². The summed E-state index contributed by atoms with van der Waals surface area (Å²) in [4.78, 5) is 14.0. The summed E-state index contributed by atoms with van der Waals surface area (Å²) in [6.45, 7) is 9.64. The molecular formula is C20H29N5O. The molecule has 6 nitrogen and oxygen atoms in total. The van der Waals surface area contributed by atoms with Crippen LogP contribution in [0, 0.1) is 12.8 Å². The van der Waals surface area contributed by atoms with Gasteiger partial charge in [-0.1, -0.05) is 12.1 Å². The fraction of sp³-hybridized carbons (Fsp3) is 0.650. The van der Waals surface area contributed by atoms with Crippen LogP contribution in [0.25, 0.3) is 0 Å². The first-order chi connectivity index (χ1) is 12.6. The van der Waals surface area contributed by atoms with Crippen LogP contribution in [0.15, 0.2) is 23.0 Å². The van der Waals surface area contributed by atoms with Crippen molar-refractivity contribution in [2.75, 3.05) is 39.8 Å². The molecule has 0 amide bonds. The van der Waals surface area contributed by atoms with Crippen LogP contribution in [0.4, 0.5) is 0 Å². The quantitative estimate of drug-likeness (QED) is 0.818. The molecule has 2 aromatic rings. The number of piperidine rings is 1. The van der Waals surface area contributed by atoms with Crippen LogP contribution in [-0.2, 0) is 18.3 Å². The number of rotatable bonds is 5. The zero-order chi connectivity index (χ0) is 18.1. The second kappa shape index (κ2) is 7.08. The number of pyridine rings is 1. The van der Waals surface area contributed by atoms with Crippen molar-refractivity contribution < 1.29 is 4.52 Å². The Labute approximate surface area is 155 Å². The first kappa shape index (κ1) is 17.6. The fourth-order valence-corrected chi connectivity index (χ4v) is 4.63. The maximum Gasteiger partial charge on any atom is 0.234 e. The van der Waals surface area contributed by atoms with Crippen LogP contribution in [0.2, 0.25) is 0 Å². The summed E-state index contributed by atoms with van der Waals surface area (Å²) in [6.07, 6.45) is 6.85. The maximum absolute atomic E-state index is 5.75. The second-order valence-electron chi connectivity index (χ2n) is 8.02. The number of fused-ring (bicyclic) bond motifs is 1. The molecule has 0 N–H and O–H groups in total. The molecule has 0 unspecified atom stereocenters. The topological polar surface area (TPSA) is 58.3 Å². The zero-order valence-corrected chi connectivity index (χ0v) is 16.1. The highest BCUT2D eigenvalue weighted by molar-refractivity contribution is 5.22. The van der Waals surface area contributed by atoms with Crippen molar-refractivity contribution in [3.05, 3.63) is 41.3 Å². The molecule has 4 heterocycles. The molecule has 2 aromatic heterocycles. The van der Waals surface area contributed by atoms with E-state index in [0.29, 0.717) is 5.92 Å². The lowest BCUT2D eigenvalue weighted by molar-refractivity contribution is 0.118. The minimum Gasteiger partial charge on any atom is -0.339 e. The molecular weight excluding hydrogens is 326 g/mol. The van der Waals surface area contributed by atoms with Gasteiger partial charge in [-0.05, 0) is 56.5 Å². The van der Waals surface area contributed by atoms with E-state index in [4.69, 9.17) is 9.51 Å². The second-order valence-corrected chi connectivity index (χ2v) is 8.02. The Morgan fingerprint density at radius 2 is 2.23 bits per heavy atom. The van der Waals surface area contributed by atoms with Crippen molar-refractivity contribution in [2.24, 2.45) is 5.92 Å². The van der Waals surface area contributed by atoms with E-state index in [0.717, 1.165) is 63.7 Å². The van der Waals surface area contributed by atoms with Gasteiger partial charge in [-0.3, -0.25) is 4.98 Å². The molecule has 140 valence electrons. The molecule has 0 aliphatic carbocycles. The molecule has 6 heteroatoms. The van der Waals surface area contributed by atoms with Gasteiger partial charge in [0.25, 0.3) is 0 Å². The van der Waals surface area contributed by atoms with Gasteiger partial charge in [0.1, 0.15) is 0 Å². The standard InChI is InChI=1S/C20H29N5O/c1-4-18-22-19(26-23-18)20-7-10-24(3)12-17(20)13-25(14-20)9-6-16-5-8-21-11-15(16)2/h5,8,11,17H,4,6-7,9-10,12-14H2,1-3H3/t17-,20-/m1/s1. The first-order valence-electron chi connectivity index (χ1n) is 9.74. The van der Waals surface area contributed by atoms with Gasteiger partial charge in [0, 0.05) is 45.0 Å². The zero-order valence-electron chi connectivity index (χ0n) is 16.1. The third-order valence-corrected chi connectivity index (χ3v) is 6.28. The molecule has 26 heavy (non-hydrogen) atoms. The highest BCUT2D eigenvalue weighted by Gasteiger charge is 2.53. The lowest BCUT2D eigenvalue weighted by Gasteiger charge is -2.39. The number of aryl methyl sites for hydroxylation is 2. The van der Waals surface area contributed by atoms with Gasteiger partial charge < -0.3 is 14.3 Å². The lowest BCUT2D eigenvalue weighted by atomic mass is 9.72. The van der Waals surface area contributed by atoms with Gasteiger partial charge in [0.05, 0.1) is 5.41 Å². The third-order valence-electron chi connectivity index (χ3n) is 6.28. The number of hydrogen-bond donors (Lipinski definition) is 0. The monoisotopic (exact) mass is 355 g/mol. The van der Waals surface area contributed by atoms with Crippen LogP contribution in [-0.4, -0.2) is 64.7 Å². The van der Waals surface area contributed by atoms with E-state index in [2.05, 4.69) is 46.9 Å². The summed E-state index contributed by atoms with van der Waals surface area (Å²) in [5.74, 6) is 2.26. The van der Waals surface area contributed by atoms with Crippen molar-refractivity contribution in [3.8, 4) is 0 Å². The molecule has 2 fully saturated rings. The van der Waals surface area contributed by atoms with Gasteiger partial charge in [-0.15, -0.1) is 0 Å². The average Bonchev–Trinajstić information content (AvgIpc) is 3.25. The van der Waals surface area contributed by atoms with Crippen LogP contribution < -0.4 is 0 Å². The molecule has 2 atom stereocenters. The van der Waals surface area contributed by atoms with E-state index in [9.17, 15) is 0 Å². The van der Waals surface area contributed by atoms with Crippen molar-refractivity contribution in [1.29, 1.82) is 0 Å². The average molecular weight is 355 g/mol. The Morgan fingerprint density at radius 1 is 1.35 bits per heavy atom. The third kappa shape index (κ3) is 3.16. The van der Waals surface area contributed by atoms with Gasteiger partial charge in [-0.25, -0.2) is 0 Å². The highest BCUT2D eigenvalue weighted by atomic mass is 16.5. The molecule has 2 aliphatic rings.